The van der Waals surface area contributed by atoms with Crippen LogP contribution in [0.5, 0.6) is 0 Å². The van der Waals surface area contributed by atoms with E-state index in [1.165, 1.54) is 0 Å². The van der Waals surface area contributed by atoms with Crippen molar-refractivity contribution >= 4 is 18.3 Å². The lowest BCUT2D eigenvalue weighted by molar-refractivity contribution is -0.00737. The molecule has 0 bridgehead atoms. The Balaban J connectivity index is 0.00000341. The molecule has 1 amide bonds. The summed E-state index contributed by atoms with van der Waals surface area (Å²) < 4.78 is 6.49. The lowest BCUT2D eigenvalue weighted by atomic mass is 10.00. The van der Waals surface area contributed by atoms with Crippen molar-refractivity contribution < 1.29 is 9.53 Å². The Labute approximate surface area is 191 Å². The van der Waals surface area contributed by atoms with E-state index in [0.29, 0.717) is 12.2 Å². The van der Waals surface area contributed by atoms with Gasteiger partial charge in [-0.05, 0) is 49.7 Å². The number of amides is 1. The lowest BCUT2D eigenvalue weighted by Crippen LogP contribution is -2.44. The van der Waals surface area contributed by atoms with E-state index in [2.05, 4.69) is 50.1 Å². The van der Waals surface area contributed by atoms with Gasteiger partial charge in [0.1, 0.15) is 6.10 Å². The van der Waals surface area contributed by atoms with Crippen LogP contribution in [0.2, 0.25) is 0 Å². The Kier molecular flexibility index (Phi) is 8.81. The molecule has 3 aromatic carbocycles. The molecule has 0 fully saturated rings. The summed E-state index contributed by atoms with van der Waals surface area (Å²) in [7, 11) is 2.09. The average Bonchev–Trinajstić information content (AvgIpc) is 2.75. The number of nitrogens with two attached hydrogens (primary N) is 1. The Morgan fingerprint density at radius 2 is 1.39 bits per heavy atom. The zero-order valence-electron chi connectivity index (χ0n) is 18.3. The van der Waals surface area contributed by atoms with Crippen molar-refractivity contribution in [3.05, 3.63) is 107 Å². The number of benzene rings is 3. The third-order valence-corrected chi connectivity index (χ3v) is 5.50. The normalized spacial score (nSPS) is 11.4. The standard InChI is InChI=1S/C26H30N2O2.ClH/c1-26(2,28(3)18-20-14-16-23(17-15-20)25(27)29)19-30-24(21-10-6-4-7-11-21)22-12-8-5-9-13-22;/h4-17,24H,18-19H2,1-3H3,(H2,27,29);1H. The van der Waals surface area contributed by atoms with Gasteiger partial charge in [0.2, 0.25) is 5.91 Å². The number of halogens is 1. The van der Waals surface area contributed by atoms with Crippen LogP contribution in [0.1, 0.15) is 47.0 Å². The van der Waals surface area contributed by atoms with Gasteiger partial charge >= 0.3 is 0 Å². The number of carbonyl (C=O) groups excluding carboxylic acids is 1. The summed E-state index contributed by atoms with van der Waals surface area (Å²) in [5.41, 5.74) is 9.08. The monoisotopic (exact) mass is 438 g/mol. The molecule has 0 unspecified atom stereocenters. The van der Waals surface area contributed by atoms with Crippen LogP contribution in [0.25, 0.3) is 0 Å². The highest BCUT2D eigenvalue weighted by Crippen LogP contribution is 2.28. The third kappa shape index (κ3) is 6.66. The molecule has 31 heavy (non-hydrogen) atoms. The summed E-state index contributed by atoms with van der Waals surface area (Å²) in [6.45, 7) is 5.67. The van der Waals surface area contributed by atoms with Crippen molar-refractivity contribution in [1.82, 2.24) is 4.90 Å². The molecule has 4 nitrogen and oxygen atoms in total. The maximum atomic E-state index is 11.3. The second kappa shape index (κ2) is 11.1. The van der Waals surface area contributed by atoms with Gasteiger partial charge in [0, 0.05) is 17.6 Å². The number of likely N-dealkylation sites (N-methyl/N-ethyl adjacent to an activating group) is 1. The van der Waals surface area contributed by atoms with E-state index in [9.17, 15) is 4.79 Å². The number of carbonyl (C=O) groups is 1. The fraction of sp³-hybridized carbons (Fsp3) is 0.269. The van der Waals surface area contributed by atoms with Crippen molar-refractivity contribution in [2.45, 2.75) is 32.0 Å². The topological polar surface area (TPSA) is 55.6 Å². The van der Waals surface area contributed by atoms with Crippen molar-refractivity contribution in [2.24, 2.45) is 5.73 Å². The molecule has 0 aliphatic rings. The maximum Gasteiger partial charge on any atom is 0.248 e. The Morgan fingerprint density at radius 1 is 0.903 bits per heavy atom. The summed E-state index contributed by atoms with van der Waals surface area (Å²) in [5.74, 6) is -0.406. The first-order valence-electron chi connectivity index (χ1n) is 10.2. The molecule has 2 N–H and O–H groups in total. The highest BCUT2D eigenvalue weighted by molar-refractivity contribution is 5.92. The molecular formula is C26H31ClN2O2. The second-order valence-electron chi connectivity index (χ2n) is 8.24. The minimum absolute atomic E-state index is 0. The van der Waals surface area contributed by atoms with Crippen molar-refractivity contribution in [1.29, 1.82) is 0 Å². The highest BCUT2D eigenvalue weighted by Gasteiger charge is 2.26. The van der Waals surface area contributed by atoms with Gasteiger partial charge in [-0.25, -0.2) is 0 Å². The number of nitrogens with zero attached hydrogens (tertiary/aromatic N) is 1. The molecule has 0 aliphatic carbocycles. The molecule has 3 aromatic rings. The van der Waals surface area contributed by atoms with E-state index in [1.807, 2.05) is 48.5 Å². The minimum atomic E-state index is -0.406. The summed E-state index contributed by atoms with van der Waals surface area (Å²) >= 11 is 0. The number of rotatable bonds is 9. The SMILES string of the molecule is CN(Cc1ccc(C(N)=O)cc1)C(C)(C)COC(c1ccccc1)c1ccccc1.Cl. The number of primary amides is 1. The first-order valence-corrected chi connectivity index (χ1v) is 10.2. The highest BCUT2D eigenvalue weighted by atomic mass is 35.5. The lowest BCUT2D eigenvalue weighted by Gasteiger charge is -2.37. The van der Waals surface area contributed by atoms with Gasteiger partial charge < -0.3 is 10.5 Å². The Morgan fingerprint density at radius 3 is 1.84 bits per heavy atom. The third-order valence-electron chi connectivity index (χ3n) is 5.50. The Bertz CT molecular complexity index is 905. The van der Waals surface area contributed by atoms with Gasteiger partial charge in [-0.3, -0.25) is 9.69 Å². The molecule has 0 saturated heterocycles. The van der Waals surface area contributed by atoms with Gasteiger partial charge in [-0.1, -0.05) is 72.8 Å². The van der Waals surface area contributed by atoms with E-state index in [4.69, 9.17) is 10.5 Å². The fourth-order valence-electron chi connectivity index (χ4n) is 3.30. The number of ether oxygens (including phenoxy) is 1. The fourth-order valence-corrected chi connectivity index (χ4v) is 3.30. The molecule has 0 spiro atoms. The predicted molar refractivity (Wildman–Crippen MR) is 128 cm³/mol. The Hall–Kier alpha value is -2.66. The molecule has 0 aliphatic heterocycles. The quantitative estimate of drug-likeness (QED) is 0.498. The molecule has 0 atom stereocenters. The molecule has 0 saturated carbocycles. The van der Waals surface area contributed by atoms with E-state index >= 15 is 0 Å². The first kappa shape index (κ1) is 24.6. The van der Waals surface area contributed by atoms with Crippen LogP contribution in [-0.4, -0.2) is 30.0 Å². The predicted octanol–water partition coefficient (Wildman–Crippen LogP) is 5.22. The van der Waals surface area contributed by atoms with E-state index in [-0.39, 0.29) is 24.0 Å². The average molecular weight is 439 g/mol. The van der Waals surface area contributed by atoms with Gasteiger partial charge in [0.05, 0.1) is 6.61 Å². The smallest absolute Gasteiger partial charge is 0.248 e. The van der Waals surface area contributed by atoms with Crippen LogP contribution in [-0.2, 0) is 11.3 Å². The van der Waals surface area contributed by atoms with Crippen LogP contribution in [0.4, 0.5) is 0 Å². The van der Waals surface area contributed by atoms with Crippen LogP contribution in [0, 0.1) is 0 Å². The van der Waals surface area contributed by atoms with Crippen LogP contribution < -0.4 is 5.73 Å². The summed E-state index contributed by atoms with van der Waals surface area (Å²) in [5, 5.41) is 0. The number of hydrogen-bond donors (Lipinski definition) is 1. The van der Waals surface area contributed by atoms with E-state index < -0.39 is 5.91 Å². The van der Waals surface area contributed by atoms with Crippen LogP contribution in [0.3, 0.4) is 0 Å². The zero-order valence-corrected chi connectivity index (χ0v) is 19.1. The van der Waals surface area contributed by atoms with Crippen molar-refractivity contribution in [3.63, 3.8) is 0 Å². The van der Waals surface area contributed by atoms with Gasteiger partial charge in [0.25, 0.3) is 0 Å². The molecule has 0 heterocycles. The summed E-state index contributed by atoms with van der Waals surface area (Å²) in [4.78, 5) is 13.5. The van der Waals surface area contributed by atoms with E-state index in [0.717, 1.165) is 23.2 Å². The van der Waals surface area contributed by atoms with Crippen molar-refractivity contribution in [3.8, 4) is 0 Å². The van der Waals surface area contributed by atoms with Gasteiger partial charge in [0.15, 0.2) is 0 Å². The van der Waals surface area contributed by atoms with Crippen molar-refractivity contribution in [2.75, 3.05) is 13.7 Å². The van der Waals surface area contributed by atoms with Gasteiger partial charge in [-0.2, -0.15) is 0 Å². The molecule has 5 heteroatoms. The molecule has 0 aromatic heterocycles. The molecular weight excluding hydrogens is 408 g/mol. The summed E-state index contributed by atoms with van der Waals surface area (Å²) in [6, 6.07) is 28.1. The van der Waals surface area contributed by atoms with Crippen LogP contribution >= 0.6 is 12.4 Å². The van der Waals surface area contributed by atoms with Gasteiger partial charge in [-0.15, -0.1) is 12.4 Å². The zero-order chi connectivity index (χ0) is 21.6. The van der Waals surface area contributed by atoms with Crippen LogP contribution in [0.15, 0.2) is 84.9 Å². The molecule has 3 rings (SSSR count). The molecule has 0 radical (unpaired) electrons. The first-order chi connectivity index (χ1) is 14.4. The maximum absolute atomic E-state index is 11.3. The molecule has 164 valence electrons. The largest absolute Gasteiger partial charge is 0.367 e. The van der Waals surface area contributed by atoms with E-state index in [1.54, 1.807) is 12.1 Å². The minimum Gasteiger partial charge on any atom is -0.367 e. The number of hydrogen-bond acceptors (Lipinski definition) is 3. The second-order valence-corrected chi connectivity index (χ2v) is 8.24. The summed E-state index contributed by atoms with van der Waals surface area (Å²) in [6.07, 6.45) is -0.116.